The van der Waals surface area contributed by atoms with Crippen molar-refractivity contribution in [3.05, 3.63) is 134 Å². The van der Waals surface area contributed by atoms with Crippen molar-refractivity contribution in [2.75, 3.05) is 19.8 Å². The average Bonchev–Trinajstić information content (AvgIpc) is 3.34. The molecule has 384 valence electrons. The molecule has 0 amide bonds. The van der Waals surface area contributed by atoms with E-state index in [1.165, 1.54) is 57.8 Å². The first-order valence-electron chi connectivity index (χ1n) is 27.7. The molecule has 0 saturated carbocycles. The van der Waals surface area contributed by atoms with Gasteiger partial charge in [-0.1, -0.05) is 212 Å². The van der Waals surface area contributed by atoms with Crippen LogP contribution in [0.15, 0.2) is 134 Å². The van der Waals surface area contributed by atoms with Gasteiger partial charge in [0.1, 0.15) is 6.61 Å². The second-order valence-electron chi connectivity index (χ2n) is 17.7. The van der Waals surface area contributed by atoms with E-state index < -0.39 is 6.10 Å². The molecule has 0 aromatic rings. The molecule has 0 aliphatic heterocycles. The van der Waals surface area contributed by atoms with E-state index in [4.69, 9.17) is 14.2 Å². The lowest BCUT2D eigenvalue weighted by Gasteiger charge is -2.18. The SMILES string of the molecule is CC/C=C\C/C=C\C/C=C\C/C=C\C/C=C\CCCCCC(=O)OCC(COCCCCCCC/C=C\C/C=C\C/C=C\C/C=C\CC)OC(=O)CCCCCCC/C=C\C/C=C\CCCCC. The first-order chi connectivity index (χ1) is 33.6. The van der Waals surface area contributed by atoms with Crippen molar-refractivity contribution < 1.29 is 23.8 Å². The summed E-state index contributed by atoms with van der Waals surface area (Å²) < 4.78 is 17.4. The summed E-state index contributed by atoms with van der Waals surface area (Å²) >= 11 is 0. The minimum absolute atomic E-state index is 0.0457. The van der Waals surface area contributed by atoms with Crippen LogP contribution in [0.25, 0.3) is 0 Å². The molecule has 5 heteroatoms. The number of hydrogen-bond donors (Lipinski definition) is 0. The van der Waals surface area contributed by atoms with Gasteiger partial charge in [0.2, 0.25) is 0 Å². The molecule has 0 aliphatic rings. The van der Waals surface area contributed by atoms with E-state index >= 15 is 0 Å². The predicted octanol–water partition coefficient (Wildman–Crippen LogP) is 19.1. The maximum atomic E-state index is 12.8. The van der Waals surface area contributed by atoms with E-state index in [0.29, 0.717) is 19.4 Å². The molecular weight excluding hydrogens is 837 g/mol. The van der Waals surface area contributed by atoms with E-state index in [2.05, 4.69) is 154 Å². The smallest absolute Gasteiger partial charge is 0.306 e. The van der Waals surface area contributed by atoms with Crippen LogP contribution >= 0.6 is 0 Å². The molecule has 0 rings (SSSR count). The van der Waals surface area contributed by atoms with Gasteiger partial charge in [-0.25, -0.2) is 0 Å². The Labute approximate surface area is 419 Å². The van der Waals surface area contributed by atoms with Crippen LogP contribution < -0.4 is 0 Å². The Balaban J connectivity index is 4.43. The van der Waals surface area contributed by atoms with Gasteiger partial charge in [0.05, 0.1) is 6.61 Å². The zero-order chi connectivity index (χ0) is 49.2. The molecular formula is C63H102O5. The van der Waals surface area contributed by atoms with Gasteiger partial charge >= 0.3 is 11.9 Å². The Hall–Kier alpha value is -3.96. The number of hydrogen-bond acceptors (Lipinski definition) is 5. The molecule has 0 fully saturated rings. The van der Waals surface area contributed by atoms with Crippen molar-refractivity contribution in [1.82, 2.24) is 0 Å². The molecule has 1 unspecified atom stereocenters. The van der Waals surface area contributed by atoms with Crippen LogP contribution in [0.2, 0.25) is 0 Å². The number of ether oxygens (including phenoxy) is 3. The number of unbranched alkanes of at least 4 members (excludes halogenated alkanes) is 16. The summed E-state index contributed by atoms with van der Waals surface area (Å²) in [5, 5.41) is 0. The van der Waals surface area contributed by atoms with Crippen molar-refractivity contribution in [3.8, 4) is 0 Å². The molecule has 0 heterocycles. The molecule has 1 atom stereocenters. The highest BCUT2D eigenvalue weighted by atomic mass is 16.6. The topological polar surface area (TPSA) is 61.8 Å². The monoisotopic (exact) mass is 939 g/mol. The maximum Gasteiger partial charge on any atom is 0.306 e. The standard InChI is InChI=1S/C63H102O5/c1-4-7-10-13-16-19-22-25-28-30-32-33-36-38-41-44-47-50-53-56-62(64)67-60-61(68-63(65)57-54-51-48-45-42-39-35-27-24-21-18-15-12-9-6-3)59-66-58-55-52-49-46-43-40-37-34-31-29-26-23-20-17-14-11-8-5-2/h7-8,10-11,16-21,25-29,32-35,37-38,41,61H,4-6,9,12-15,22-24,30-31,36,39-40,42-60H2,1-3H3/b10-7-,11-8-,19-16-,20-17-,21-18-,28-25-,29-26-,33-32-,35-27-,37-34-,41-38-. The van der Waals surface area contributed by atoms with E-state index in [1.54, 1.807) is 0 Å². The summed E-state index contributed by atoms with van der Waals surface area (Å²) in [6, 6.07) is 0. The molecule has 5 nitrogen and oxygen atoms in total. The lowest BCUT2D eigenvalue weighted by Crippen LogP contribution is -2.30. The molecule has 0 aromatic heterocycles. The fourth-order valence-electron chi connectivity index (χ4n) is 7.09. The number of carbonyl (C=O) groups is 2. The highest BCUT2D eigenvalue weighted by molar-refractivity contribution is 5.70. The summed E-state index contributed by atoms with van der Waals surface area (Å²) in [5.41, 5.74) is 0. The molecule has 68 heavy (non-hydrogen) atoms. The predicted molar refractivity (Wildman–Crippen MR) is 297 cm³/mol. The zero-order valence-corrected chi connectivity index (χ0v) is 44.1. The number of esters is 2. The largest absolute Gasteiger partial charge is 0.462 e. The third-order valence-corrected chi connectivity index (χ3v) is 11.2. The third kappa shape index (κ3) is 54.6. The molecule has 0 saturated heterocycles. The van der Waals surface area contributed by atoms with Crippen LogP contribution in [-0.2, 0) is 23.8 Å². The minimum atomic E-state index is -0.578. The fraction of sp³-hybridized carbons (Fsp3) is 0.619. The fourth-order valence-corrected chi connectivity index (χ4v) is 7.09. The Morgan fingerprint density at radius 2 is 0.662 bits per heavy atom. The highest BCUT2D eigenvalue weighted by Gasteiger charge is 2.17. The van der Waals surface area contributed by atoms with Gasteiger partial charge in [-0.15, -0.1) is 0 Å². The second kappa shape index (κ2) is 57.4. The van der Waals surface area contributed by atoms with Gasteiger partial charge in [-0.3, -0.25) is 9.59 Å². The second-order valence-corrected chi connectivity index (χ2v) is 17.7. The first-order valence-corrected chi connectivity index (χ1v) is 27.7. The number of allylic oxidation sites excluding steroid dienone is 22. The van der Waals surface area contributed by atoms with E-state index in [-0.39, 0.29) is 25.2 Å². The van der Waals surface area contributed by atoms with E-state index in [0.717, 1.165) is 135 Å². The van der Waals surface area contributed by atoms with Gasteiger partial charge in [-0.2, -0.15) is 0 Å². The van der Waals surface area contributed by atoms with Crippen molar-refractivity contribution in [1.29, 1.82) is 0 Å². The normalized spacial score (nSPS) is 13.3. The van der Waals surface area contributed by atoms with Crippen molar-refractivity contribution in [2.24, 2.45) is 0 Å². The lowest BCUT2D eigenvalue weighted by atomic mass is 10.1. The third-order valence-electron chi connectivity index (χ3n) is 11.2. The molecule has 0 N–H and O–H groups in total. The van der Waals surface area contributed by atoms with E-state index in [1.807, 2.05) is 0 Å². The Bertz CT molecular complexity index is 1430. The highest BCUT2D eigenvalue weighted by Crippen LogP contribution is 2.12. The summed E-state index contributed by atoms with van der Waals surface area (Å²) in [6.07, 6.45) is 81.8. The first kappa shape index (κ1) is 64.0. The maximum absolute atomic E-state index is 12.8. The van der Waals surface area contributed by atoms with Crippen LogP contribution in [0.4, 0.5) is 0 Å². The van der Waals surface area contributed by atoms with Gasteiger partial charge in [0, 0.05) is 19.4 Å². The van der Waals surface area contributed by atoms with Crippen LogP contribution in [0, 0.1) is 0 Å². The van der Waals surface area contributed by atoms with Gasteiger partial charge in [0.25, 0.3) is 0 Å². The summed E-state index contributed by atoms with van der Waals surface area (Å²) in [7, 11) is 0. The summed E-state index contributed by atoms with van der Waals surface area (Å²) in [5.74, 6) is -0.469. The Morgan fingerprint density at radius 3 is 1.07 bits per heavy atom. The van der Waals surface area contributed by atoms with Crippen LogP contribution in [0.1, 0.15) is 226 Å². The number of carbonyl (C=O) groups excluding carboxylic acids is 2. The Kier molecular flexibility index (Phi) is 54.0. The van der Waals surface area contributed by atoms with Gasteiger partial charge in [0.15, 0.2) is 6.10 Å². The molecule has 0 aromatic carbocycles. The van der Waals surface area contributed by atoms with Crippen LogP contribution in [0.5, 0.6) is 0 Å². The van der Waals surface area contributed by atoms with Gasteiger partial charge < -0.3 is 14.2 Å². The number of rotatable bonds is 49. The molecule has 0 spiro atoms. The summed E-state index contributed by atoms with van der Waals surface area (Å²) in [4.78, 5) is 25.5. The van der Waals surface area contributed by atoms with Crippen molar-refractivity contribution in [2.45, 2.75) is 232 Å². The van der Waals surface area contributed by atoms with Gasteiger partial charge in [-0.05, 0) is 135 Å². The summed E-state index contributed by atoms with van der Waals surface area (Å²) in [6.45, 7) is 7.47. The zero-order valence-electron chi connectivity index (χ0n) is 44.1. The lowest BCUT2D eigenvalue weighted by molar-refractivity contribution is -0.163. The molecule has 0 bridgehead atoms. The van der Waals surface area contributed by atoms with E-state index in [9.17, 15) is 9.59 Å². The molecule has 0 radical (unpaired) electrons. The van der Waals surface area contributed by atoms with Crippen LogP contribution in [0.3, 0.4) is 0 Å². The van der Waals surface area contributed by atoms with Crippen molar-refractivity contribution in [3.63, 3.8) is 0 Å². The Morgan fingerprint density at radius 1 is 0.338 bits per heavy atom. The quantitative estimate of drug-likeness (QED) is 0.0345. The van der Waals surface area contributed by atoms with Crippen molar-refractivity contribution >= 4 is 11.9 Å². The molecule has 0 aliphatic carbocycles. The minimum Gasteiger partial charge on any atom is -0.462 e. The van der Waals surface area contributed by atoms with Crippen LogP contribution in [-0.4, -0.2) is 37.9 Å². The average molecular weight is 940 g/mol.